The summed E-state index contributed by atoms with van der Waals surface area (Å²) in [7, 11) is 0. The van der Waals surface area contributed by atoms with Crippen LogP contribution in [0.2, 0.25) is 0 Å². The summed E-state index contributed by atoms with van der Waals surface area (Å²) in [5.74, 6) is -1.21. The molecule has 14 heavy (non-hydrogen) atoms. The summed E-state index contributed by atoms with van der Waals surface area (Å²) in [4.78, 5) is 0. The molecule has 0 unspecified atom stereocenters. The Kier molecular flexibility index (Phi) is 1.89. The lowest BCUT2D eigenvalue weighted by Gasteiger charge is -2.14. The molecule has 0 aromatic heterocycles. The minimum absolute atomic E-state index is 0.144. The molecule has 0 aliphatic heterocycles. The Balaban J connectivity index is 2.68. The molecule has 1 aromatic carbocycles. The lowest BCUT2D eigenvalue weighted by molar-refractivity contribution is 0.141. The fourth-order valence-electron chi connectivity index (χ4n) is 1.72. The second-order valence-corrected chi connectivity index (χ2v) is 4.04. The average molecular weight is 198 g/mol. The number of halogens is 2. The Labute approximate surface area is 81.4 Å². The van der Waals surface area contributed by atoms with Gasteiger partial charge in [0, 0.05) is 0 Å². The summed E-state index contributed by atoms with van der Waals surface area (Å²) in [6.07, 6.45) is 0.896. The Morgan fingerprint density at radius 2 is 1.57 bits per heavy atom. The van der Waals surface area contributed by atoms with Crippen LogP contribution in [0.1, 0.15) is 29.5 Å². The van der Waals surface area contributed by atoms with Gasteiger partial charge in [0.2, 0.25) is 0 Å². The molecule has 76 valence electrons. The van der Waals surface area contributed by atoms with Gasteiger partial charge < -0.3 is 5.11 Å². The lowest BCUT2D eigenvalue weighted by Crippen LogP contribution is -2.13. The highest BCUT2D eigenvalue weighted by Gasteiger charge is 2.46. The monoisotopic (exact) mass is 198 g/mol. The molecule has 1 aliphatic rings. The molecule has 1 aliphatic carbocycles. The van der Waals surface area contributed by atoms with Gasteiger partial charge in [0.25, 0.3) is 0 Å². The standard InChI is InChI=1S/C11H12F2O/c1-6-5-7(2)10(13)8(9(6)12)11(14)3-4-11/h5,14H,3-4H2,1-2H3. The highest BCUT2D eigenvalue weighted by atomic mass is 19.1. The maximum atomic E-state index is 13.6. The van der Waals surface area contributed by atoms with Gasteiger partial charge in [-0.15, -0.1) is 0 Å². The molecule has 3 heteroatoms. The van der Waals surface area contributed by atoms with Crippen molar-refractivity contribution in [3.63, 3.8) is 0 Å². The topological polar surface area (TPSA) is 20.2 Å². The number of rotatable bonds is 1. The molecule has 2 rings (SSSR count). The Morgan fingerprint density at radius 3 is 1.93 bits per heavy atom. The number of aliphatic hydroxyl groups is 1. The maximum Gasteiger partial charge on any atom is 0.135 e. The molecule has 1 aromatic rings. The van der Waals surface area contributed by atoms with Crippen molar-refractivity contribution >= 4 is 0 Å². The third-order valence-electron chi connectivity index (χ3n) is 2.75. The van der Waals surface area contributed by atoms with E-state index < -0.39 is 17.2 Å². The molecular formula is C11H12F2O. The van der Waals surface area contributed by atoms with Crippen LogP contribution in [-0.4, -0.2) is 5.11 Å². The van der Waals surface area contributed by atoms with Crippen molar-refractivity contribution in [1.29, 1.82) is 0 Å². The minimum Gasteiger partial charge on any atom is -0.385 e. The molecule has 1 nitrogen and oxygen atoms in total. The number of hydrogen-bond acceptors (Lipinski definition) is 1. The highest BCUT2D eigenvalue weighted by Crippen LogP contribution is 2.48. The van der Waals surface area contributed by atoms with Gasteiger partial charge in [-0.25, -0.2) is 8.78 Å². The van der Waals surface area contributed by atoms with Crippen LogP contribution in [0.3, 0.4) is 0 Å². The van der Waals surface area contributed by atoms with E-state index in [1.807, 2.05) is 0 Å². The molecule has 0 amide bonds. The van der Waals surface area contributed by atoms with E-state index in [-0.39, 0.29) is 5.56 Å². The summed E-state index contributed by atoms with van der Waals surface area (Å²) in [5.41, 5.74) is -0.612. The quantitative estimate of drug-likeness (QED) is 0.735. The van der Waals surface area contributed by atoms with Crippen molar-refractivity contribution in [2.45, 2.75) is 32.3 Å². The molecule has 0 radical (unpaired) electrons. The molecule has 1 N–H and O–H groups in total. The highest BCUT2D eigenvalue weighted by molar-refractivity contribution is 5.38. The van der Waals surface area contributed by atoms with Crippen LogP contribution in [0, 0.1) is 25.5 Å². The van der Waals surface area contributed by atoms with Crippen molar-refractivity contribution in [1.82, 2.24) is 0 Å². The summed E-state index contributed by atoms with van der Waals surface area (Å²) in [6.45, 7) is 3.16. The van der Waals surface area contributed by atoms with E-state index in [9.17, 15) is 13.9 Å². The number of hydrogen-bond donors (Lipinski definition) is 1. The van der Waals surface area contributed by atoms with Crippen LogP contribution in [0.5, 0.6) is 0 Å². The van der Waals surface area contributed by atoms with Gasteiger partial charge in [0.15, 0.2) is 0 Å². The van der Waals surface area contributed by atoms with Gasteiger partial charge in [0.05, 0.1) is 11.2 Å². The SMILES string of the molecule is Cc1cc(C)c(F)c(C2(O)CC2)c1F. The summed E-state index contributed by atoms with van der Waals surface area (Å²) in [5, 5.41) is 9.73. The van der Waals surface area contributed by atoms with Crippen LogP contribution in [-0.2, 0) is 5.60 Å². The zero-order chi connectivity index (χ0) is 10.5. The molecule has 0 bridgehead atoms. The van der Waals surface area contributed by atoms with Crippen molar-refractivity contribution in [2.24, 2.45) is 0 Å². The van der Waals surface area contributed by atoms with Gasteiger partial charge in [-0.3, -0.25) is 0 Å². The van der Waals surface area contributed by atoms with Gasteiger partial charge in [-0.05, 0) is 37.8 Å². The zero-order valence-corrected chi connectivity index (χ0v) is 8.19. The summed E-state index contributed by atoms with van der Waals surface area (Å²) in [6, 6.07) is 1.46. The summed E-state index contributed by atoms with van der Waals surface area (Å²) < 4.78 is 27.2. The van der Waals surface area contributed by atoms with Crippen molar-refractivity contribution < 1.29 is 13.9 Å². The molecule has 0 atom stereocenters. The van der Waals surface area contributed by atoms with Crippen molar-refractivity contribution in [3.8, 4) is 0 Å². The largest absolute Gasteiger partial charge is 0.385 e. The van der Waals surface area contributed by atoms with Gasteiger partial charge in [0.1, 0.15) is 11.6 Å². The van der Waals surface area contributed by atoms with Crippen molar-refractivity contribution in [3.05, 3.63) is 34.4 Å². The van der Waals surface area contributed by atoms with E-state index in [4.69, 9.17) is 0 Å². The van der Waals surface area contributed by atoms with E-state index in [1.165, 1.54) is 6.07 Å². The predicted octanol–water partition coefficient (Wildman–Crippen LogP) is 2.56. The van der Waals surface area contributed by atoms with Crippen molar-refractivity contribution in [2.75, 3.05) is 0 Å². The molecule has 0 spiro atoms. The molecule has 1 saturated carbocycles. The minimum atomic E-state index is -1.25. The van der Waals surface area contributed by atoms with Crippen LogP contribution in [0.4, 0.5) is 8.78 Å². The second-order valence-electron chi connectivity index (χ2n) is 4.04. The van der Waals surface area contributed by atoms with Gasteiger partial charge >= 0.3 is 0 Å². The molecule has 0 heterocycles. The van der Waals surface area contributed by atoms with E-state index in [0.717, 1.165) is 0 Å². The van der Waals surface area contributed by atoms with Crippen LogP contribution in [0.15, 0.2) is 6.07 Å². The van der Waals surface area contributed by atoms with Crippen LogP contribution < -0.4 is 0 Å². The Morgan fingerprint density at radius 1 is 1.14 bits per heavy atom. The average Bonchev–Trinajstić information content (AvgIpc) is 2.81. The smallest absolute Gasteiger partial charge is 0.135 e. The maximum absolute atomic E-state index is 13.6. The molecule has 1 fully saturated rings. The first-order valence-corrected chi connectivity index (χ1v) is 4.64. The lowest BCUT2D eigenvalue weighted by atomic mass is 9.99. The van der Waals surface area contributed by atoms with Gasteiger partial charge in [-0.1, -0.05) is 6.07 Å². The fourth-order valence-corrected chi connectivity index (χ4v) is 1.72. The third kappa shape index (κ3) is 1.23. The van der Waals surface area contributed by atoms with Crippen LogP contribution in [0.25, 0.3) is 0 Å². The van der Waals surface area contributed by atoms with Gasteiger partial charge in [-0.2, -0.15) is 0 Å². The van der Waals surface area contributed by atoms with E-state index in [1.54, 1.807) is 13.8 Å². The number of aryl methyl sites for hydroxylation is 2. The first kappa shape index (κ1) is 9.59. The second kappa shape index (κ2) is 2.76. The Bertz CT molecular complexity index is 369. The predicted molar refractivity (Wildman–Crippen MR) is 49.0 cm³/mol. The fraction of sp³-hybridized carbons (Fsp3) is 0.455. The zero-order valence-electron chi connectivity index (χ0n) is 8.19. The Hall–Kier alpha value is -0.960. The normalized spacial score (nSPS) is 18.4. The molecular weight excluding hydrogens is 186 g/mol. The molecule has 0 saturated heterocycles. The first-order valence-electron chi connectivity index (χ1n) is 4.64. The third-order valence-corrected chi connectivity index (χ3v) is 2.75. The van der Waals surface area contributed by atoms with E-state index in [0.29, 0.717) is 24.0 Å². The van der Waals surface area contributed by atoms with E-state index in [2.05, 4.69) is 0 Å². The van der Waals surface area contributed by atoms with Crippen LogP contribution >= 0.6 is 0 Å². The van der Waals surface area contributed by atoms with E-state index >= 15 is 0 Å². The first-order chi connectivity index (χ1) is 6.46. The summed E-state index contributed by atoms with van der Waals surface area (Å²) >= 11 is 0. The number of benzene rings is 1.